The Kier molecular flexibility index (Phi) is 5.89. The highest BCUT2D eigenvalue weighted by atomic mass is 32.2. The summed E-state index contributed by atoms with van der Waals surface area (Å²) in [7, 11) is -0.338. The maximum Gasteiger partial charge on any atom is 0.319 e. The number of carboxylic acids is 1. The summed E-state index contributed by atoms with van der Waals surface area (Å²) in [6.07, 6.45) is 0. The van der Waals surface area contributed by atoms with Crippen LogP contribution in [0.5, 0.6) is 5.75 Å². The van der Waals surface area contributed by atoms with Crippen LogP contribution < -0.4 is 9.64 Å². The molecule has 3 aromatic rings. The van der Waals surface area contributed by atoms with Crippen molar-refractivity contribution in [3.05, 3.63) is 72.8 Å². The van der Waals surface area contributed by atoms with Crippen molar-refractivity contribution in [1.82, 2.24) is 0 Å². The number of methoxy groups -OCH3 is 1. The fourth-order valence-electron chi connectivity index (χ4n) is 3.04. The molecular formula is C22H21NO5S. The smallest absolute Gasteiger partial charge is 0.319 e. The molecule has 0 radical (unpaired) electrons. The van der Waals surface area contributed by atoms with Crippen molar-refractivity contribution in [3.63, 3.8) is 0 Å². The summed E-state index contributed by atoms with van der Waals surface area (Å²) in [5.41, 5.74) is 3.65. The lowest BCUT2D eigenvalue weighted by molar-refractivity contribution is -0.134. The predicted octanol–water partition coefficient (Wildman–Crippen LogP) is 3.99. The summed E-state index contributed by atoms with van der Waals surface area (Å²) >= 11 is 0. The van der Waals surface area contributed by atoms with Gasteiger partial charge in [0.1, 0.15) is 5.75 Å². The number of aliphatic carboxylic acids is 1. The summed E-state index contributed by atoms with van der Waals surface area (Å²) in [5, 5.41) is 8.76. The van der Waals surface area contributed by atoms with E-state index in [-0.39, 0.29) is 4.90 Å². The van der Waals surface area contributed by atoms with Gasteiger partial charge in [0.25, 0.3) is 0 Å². The van der Waals surface area contributed by atoms with Gasteiger partial charge in [-0.1, -0.05) is 30.3 Å². The molecule has 7 heteroatoms. The Balaban J connectivity index is 1.89. The van der Waals surface area contributed by atoms with Crippen LogP contribution in [0, 0.1) is 0 Å². The minimum Gasteiger partial charge on any atom is -0.496 e. The van der Waals surface area contributed by atoms with Gasteiger partial charge in [-0.05, 0) is 48.0 Å². The van der Waals surface area contributed by atoms with Crippen LogP contribution in [-0.4, -0.2) is 39.4 Å². The molecule has 29 heavy (non-hydrogen) atoms. The van der Waals surface area contributed by atoms with E-state index in [4.69, 9.17) is 9.84 Å². The Morgan fingerprint density at radius 1 is 0.966 bits per heavy atom. The summed E-state index contributed by atoms with van der Waals surface area (Å²) in [6.45, 7) is 0. The quantitative estimate of drug-likeness (QED) is 0.633. The first-order valence-electron chi connectivity index (χ1n) is 8.83. The van der Waals surface area contributed by atoms with E-state index in [1.807, 2.05) is 60.5 Å². The first-order valence-corrected chi connectivity index (χ1v) is 10.5. The molecule has 0 saturated heterocycles. The molecule has 0 aliphatic heterocycles. The Hall–Kier alpha value is -3.32. The van der Waals surface area contributed by atoms with Gasteiger partial charge < -0.3 is 14.7 Å². The van der Waals surface area contributed by atoms with Gasteiger partial charge in [-0.25, -0.2) is 8.42 Å². The molecule has 0 heterocycles. The molecule has 0 aromatic heterocycles. The summed E-state index contributed by atoms with van der Waals surface area (Å²) in [5.74, 6) is -1.52. The van der Waals surface area contributed by atoms with Gasteiger partial charge in [-0.2, -0.15) is 0 Å². The van der Waals surface area contributed by atoms with Gasteiger partial charge in [-0.3, -0.25) is 4.79 Å². The number of anilines is 2. The van der Waals surface area contributed by atoms with E-state index in [9.17, 15) is 13.2 Å². The summed E-state index contributed by atoms with van der Waals surface area (Å²) < 4.78 is 29.5. The van der Waals surface area contributed by atoms with Crippen molar-refractivity contribution in [1.29, 1.82) is 0 Å². The fourth-order valence-corrected chi connectivity index (χ4v) is 4.08. The van der Waals surface area contributed by atoms with Crippen molar-refractivity contribution in [3.8, 4) is 16.9 Å². The Bertz CT molecular complexity index is 1120. The second-order valence-corrected chi connectivity index (χ2v) is 8.45. The molecule has 0 atom stereocenters. The second kappa shape index (κ2) is 8.36. The van der Waals surface area contributed by atoms with E-state index >= 15 is 0 Å². The average molecular weight is 411 g/mol. The Morgan fingerprint density at radius 3 is 2.31 bits per heavy atom. The van der Waals surface area contributed by atoms with E-state index in [1.54, 1.807) is 19.2 Å². The van der Waals surface area contributed by atoms with Crippen molar-refractivity contribution in [2.24, 2.45) is 0 Å². The van der Waals surface area contributed by atoms with Gasteiger partial charge >= 0.3 is 5.97 Å². The van der Waals surface area contributed by atoms with E-state index in [2.05, 4.69) is 0 Å². The molecule has 3 aromatic carbocycles. The van der Waals surface area contributed by atoms with Crippen LogP contribution in [0.25, 0.3) is 11.1 Å². The number of rotatable bonds is 7. The number of nitrogens with zero attached hydrogens (tertiary/aromatic N) is 1. The molecule has 1 N–H and O–H groups in total. The zero-order chi connectivity index (χ0) is 21.0. The average Bonchev–Trinajstić information content (AvgIpc) is 2.72. The lowest BCUT2D eigenvalue weighted by Crippen LogP contribution is -2.15. The molecular weight excluding hydrogens is 390 g/mol. The monoisotopic (exact) mass is 411 g/mol. The molecule has 150 valence electrons. The number of ether oxygens (including phenoxy) is 1. The fraction of sp³-hybridized carbons (Fsp3) is 0.136. The SMILES string of the molecule is COc1ccccc1-c1cccc(N(C)c2ccc(S(=O)(=O)CC(=O)O)cc2)c1. The maximum atomic E-state index is 12.0. The molecule has 6 nitrogen and oxygen atoms in total. The van der Waals surface area contributed by atoms with Crippen LogP contribution in [0.15, 0.2) is 77.7 Å². The molecule has 3 rings (SSSR count). The Labute approximate surface area is 169 Å². The van der Waals surface area contributed by atoms with Crippen LogP contribution in [0.2, 0.25) is 0 Å². The molecule has 0 saturated carbocycles. The topological polar surface area (TPSA) is 83.9 Å². The van der Waals surface area contributed by atoms with Gasteiger partial charge in [-0.15, -0.1) is 0 Å². The van der Waals surface area contributed by atoms with E-state index < -0.39 is 21.6 Å². The van der Waals surface area contributed by atoms with E-state index in [0.717, 1.165) is 28.3 Å². The zero-order valence-corrected chi connectivity index (χ0v) is 16.9. The third kappa shape index (κ3) is 4.57. The lowest BCUT2D eigenvalue weighted by Gasteiger charge is -2.21. The highest BCUT2D eigenvalue weighted by molar-refractivity contribution is 7.92. The van der Waals surface area contributed by atoms with Crippen LogP contribution in [0.4, 0.5) is 11.4 Å². The minimum absolute atomic E-state index is 0.0141. The number of benzene rings is 3. The number of hydrogen-bond donors (Lipinski definition) is 1. The number of carbonyl (C=O) groups is 1. The number of hydrogen-bond acceptors (Lipinski definition) is 5. The van der Waals surface area contributed by atoms with Crippen LogP contribution in [0.3, 0.4) is 0 Å². The largest absolute Gasteiger partial charge is 0.496 e. The van der Waals surface area contributed by atoms with Crippen LogP contribution in [-0.2, 0) is 14.6 Å². The summed E-state index contributed by atoms with van der Waals surface area (Å²) in [4.78, 5) is 12.7. The number of para-hydroxylation sites is 1. The maximum absolute atomic E-state index is 12.0. The molecule has 0 amide bonds. The van der Waals surface area contributed by atoms with Crippen LogP contribution in [0.1, 0.15) is 0 Å². The molecule has 0 fully saturated rings. The Morgan fingerprint density at radius 2 is 1.66 bits per heavy atom. The third-order valence-electron chi connectivity index (χ3n) is 4.55. The van der Waals surface area contributed by atoms with Crippen LogP contribution >= 0.6 is 0 Å². The first-order chi connectivity index (χ1) is 13.8. The standard InChI is InChI=1S/C22H21NO5S/c1-23(17-10-12-19(13-11-17)29(26,27)15-22(24)25)18-7-5-6-16(14-18)20-8-3-4-9-21(20)28-2/h3-14H,15H2,1-2H3,(H,24,25). The van der Waals surface area contributed by atoms with Gasteiger partial charge in [0.15, 0.2) is 15.6 Å². The number of sulfone groups is 1. The van der Waals surface area contributed by atoms with Crippen molar-refractivity contribution < 1.29 is 23.1 Å². The molecule has 0 spiro atoms. The third-order valence-corrected chi connectivity index (χ3v) is 6.17. The lowest BCUT2D eigenvalue weighted by atomic mass is 10.0. The van der Waals surface area contributed by atoms with E-state index in [0.29, 0.717) is 0 Å². The van der Waals surface area contributed by atoms with Crippen molar-refractivity contribution in [2.75, 3.05) is 24.8 Å². The van der Waals surface area contributed by atoms with Crippen molar-refractivity contribution in [2.45, 2.75) is 4.90 Å². The van der Waals surface area contributed by atoms with Gasteiger partial charge in [0.05, 0.1) is 12.0 Å². The molecule has 0 aliphatic carbocycles. The predicted molar refractivity (Wildman–Crippen MR) is 113 cm³/mol. The summed E-state index contributed by atoms with van der Waals surface area (Å²) in [6, 6.07) is 21.8. The highest BCUT2D eigenvalue weighted by Gasteiger charge is 2.19. The second-order valence-electron chi connectivity index (χ2n) is 6.46. The normalized spacial score (nSPS) is 11.1. The molecule has 0 bridgehead atoms. The zero-order valence-electron chi connectivity index (χ0n) is 16.1. The first kappa shape index (κ1) is 20.4. The van der Waals surface area contributed by atoms with E-state index in [1.165, 1.54) is 12.1 Å². The highest BCUT2D eigenvalue weighted by Crippen LogP contribution is 2.33. The van der Waals surface area contributed by atoms with Gasteiger partial charge in [0, 0.05) is 24.0 Å². The molecule has 0 unspecified atom stereocenters. The van der Waals surface area contributed by atoms with Crippen molar-refractivity contribution >= 4 is 27.2 Å². The minimum atomic E-state index is -3.85. The molecule has 0 aliphatic rings. The number of carboxylic acid groups (broad SMARTS) is 1. The van der Waals surface area contributed by atoms with Gasteiger partial charge in [0.2, 0.25) is 0 Å².